The summed E-state index contributed by atoms with van der Waals surface area (Å²) in [4.78, 5) is 2.63. The molecule has 0 bridgehead atoms. The Balaban J connectivity index is 5.53. The molecule has 0 aliphatic carbocycles. The molecule has 4 nitrogen and oxygen atoms in total. The average Bonchev–Trinajstić information content (AvgIpc) is 2.84. The molecule has 0 aromatic rings. The summed E-state index contributed by atoms with van der Waals surface area (Å²) in [5.74, 6) is 0. The van der Waals surface area contributed by atoms with Crippen LogP contribution in [-0.4, -0.2) is 99.2 Å². The quantitative estimate of drug-likeness (QED) is 0.109. The molecule has 0 amide bonds. The molecule has 0 radical (unpaired) electrons. The Morgan fingerprint density at radius 2 is 0.588 bits per heavy atom. The fourth-order valence-electron chi connectivity index (χ4n) is 5.71. The average molecular weight is 806 g/mol. The zero-order valence-corrected chi connectivity index (χ0v) is 34.0. The first-order valence-electron chi connectivity index (χ1n) is 14.8. The maximum absolute atomic E-state index is 6.92. The van der Waals surface area contributed by atoms with E-state index in [1.54, 1.807) is 0 Å². The Bertz CT molecular complexity index is 415. The molecule has 0 saturated carbocycles. The Morgan fingerprint density at radius 1 is 0.412 bits per heavy atom. The van der Waals surface area contributed by atoms with Crippen molar-refractivity contribution in [2.75, 3.05) is 19.6 Å². The van der Waals surface area contributed by atoms with Crippen LogP contribution in [0.4, 0.5) is 0 Å². The van der Waals surface area contributed by atoms with Gasteiger partial charge in [0, 0.05) is 0 Å². The van der Waals surface area contributed by atoms with Gasteiger partial charge in [-0.05, 0) is 0 Å². The minimum absolute atomic E-state index is 0.295. The summed E-state index contributed by atoms with van der Waals surface area (Å²) in [6.07, 6.45) is 0.885. The van der Waals surface area contributed by atoms with Crippen molar-refractivity contribution in [2.24, 2.45) is 0 Å². The third kappa shape index (κ3) is 12.0. The molecule has 0 heterocycles. The van der Waals surface area contributed by atoms with Crippen molar-refractivity contribution < 1.29 is 9.22 Å². The van der Waals surface area contributed by atoms with E-state index in [1.807, 2.05) is 0 Å². The van der Waals surface area contributed by atoms with Gasteiger partial charge in [0.15, 0.2) is 0 Å². The SMILES string of the molecule is C[CH2][Sn]([CH2]C)([CH2]C)[O]C(C)CN(CC(C)[O][Sn]([CH2]C)([CH2]C)[CH2]C)CC(C)[O][Sn]([CH2]C)([CH2]C)[CH2]C. The van der Waals surface area contributed by atoms with Gasteiger partial charge >= 0.3 is 231 Å². The van der Waals surface area contributed by atoms with Crippen molar-refractivity contribution >= 4 is 56.4 Å². The van der Waals surface area contributed by atoms with Gasteiger partial charge in [-0.1, -0.05) is 0 Å². The van der Waals surface area contributed by atoms with Gasteiger partial charge in [0.2, 0.25) is 0 Å². The molecular formula is C27H63NO3Sn3. The van der Waals surface area contributed by atoms with E-state index in [1.165, 1.54) is 39.9 Å². The molecule has 0 aliphatic heterocycles. The third-order valence-corrected chi connectivity index (χ3v) is 49.5. The van der Waals surface area contributed by atoms with Crippen molar-refractivity contribution in [3.05, 3.63) is 0 Å². The zero-order chi connectivity index (χ0) is 26.4. The maximum atomic E-state index is 6.92. The monoisotopic (exact) mass is 809 g/mol. The fourth-order valence-corrected chi connectivity index (χ4v) is 30.8. The Hall–Kier alpha value is 2.24. The van der Waals surface area contributed by atoms with Gasteiger partial charge in [0.05, 0.1) is 0 Å². The second-order valence-electron chi connectivity index (χ2n) is 10.7. The van der Waals surface area contributed by atoms with Gasteiger partial charge in [-0.3, -0.25) is 0 Å². The van der Waals surface area contributed by atoms with Crippen molar-refractivity contribution in [3.63, 3.8) is 0 Å². The van der Waals surface area contributed by atoms with E-state index in [9.17, 15) is 0 Å². The minimum atomic E-state index is -2.43. The van der Waals surface area contributed by atoms with E-state index >= 15 is 0 Å². The van der Waals surface area contributed by atoms with Gasteiger partial charge in [0.25, 0.3) is 0 Å². The predicted octanol–water partition coefficient (Wildman–Crippen LogP) is 8.52. The molecule has 0 fully saturated rings. The van der Waals surface area contributed by atoms with Crippen molar-refractivity contribution in [1.29, 1.82) is 0 Å². The predicted molar refractivity (Wildman–Crippen MR) is 160 cm³/mol. The summed E-state index contributed by atoms with van der Waals surface area (Å²) in [5, 5.41) is 0. The summed E-state index contributed by atoms with van der Waals surface area (Å²) in [6, 6.07) is 0. The third-order valence-electron chi connectivity index (χ3n) is 8.70. The van der Waals surface area contributed by atoms with Gasteiger partial charge in [-0.25, -0.2) is 0 Å². The Kier molecular flexibility index (Phi) is 19.7. The van der Waals surface area contributed by atoms with Crippen LogP contribution in [0.15, 0.2) is 0 Å². The first-order chi connectivity index (χ1) is 16.0. The molecule has 7 heteroatoms. The molecule has 0 aliphatic rings. The van der Waals surface area contributed by atoms with Crippen LogP contribution < -0.4 is 0 Å². The number of hydrogen-bond acceptors (Lipinski definition) is 4. The molecule has 0 spiro atoms. The molecule has 3 unspecified atom stereocenters. The van der Waals surface area contributed by atoms with E-state index in [-0.39, 0.29) is 0 Å². The number of nitrogens with zero attached hydrogens (tertiary/aromatic N) is 1. The van der Waals surface area contributed by atoms with Crippen LogP contribution in [0.5, 0.6) is 0 Å². The molecule has 3 atom stereocenters. The van der Waals surface area contributed by atoms with Crippen LogP contribution >= 0.6 is 0 Å². The second kappa shape index (κ2) is 18.5. The topological polar surface area (TPSA) is 30.9 Å². The van der Waals surface area contributed by atoms with E-state index < -0.39 is 56.4 Å². The molecule has 0 saturated heterocycles. The van der Waals surface area contributed by atoms with Crippen LogP contribution in [0.3, 0.4) is 0 Å². The molecule has 206 valence electrons. The first-order valence-corrected chi connectivity index (χ1v) is 36.4. The normalized spacial score (nSPS) is 16.1. The van der Waals surface area contributed by atoms with Crippen LogP contribution in [0, 0.1) is 0 Å². The Labute approximate surface area is 229 Å². The van der Waals surface area contributed by atoms with Crippen molar-refractivity contribution in [3.8, 4) is 0 Å². The van der Waals surface area contributed by atoms with Crippen LogP contribution in [0.1, 0.15) is 83.1 Å². The summed E-state index contributed by atoms with van der Waals surface area (Å²) in [7, 11) is 0. The van der Waals surface area contributed by atoms with Crippen molar-refractivity contribution in [2.45, 2.75) is 141 Å². The molecular weight excluding hydrogens is 742 g/mol. The van der Waals surface area contributed by atoms with Gasteiger partial charge in [-0.2, -0.15) is 0 Å². The summed E-state index contributed by atoms with van der Waals surface area (Å²) < 4.78 is 32.3. The summed E-state index contributed by atoms with van der Waals surface area (Å²) in [6.45, 7) is 31.2. The Morgan fingerprint density at radius 3 is 0.735 bits per heavy atom. The van der Waals surface area contributed by atoms with Gasteiger partial charge < -0.3 is 0 Å². The van der Waals surface area contributed by atoms with E-state index in [0.717, 1.165) is 19.6 Å². The second-order valence-corrected chi connectivity index (χ2v) is 51.2. The van der Waals surface area contributed by atoms with E-state index in [2.05, 4.69) is 88.0 Å². The number of hydrogen-bond donors (Lipinski definition) is 0. The van der Waals surface area contributed by atoms with Crippen LogP contribution in [0.25, 0.3) is 0 Å². The fraction of sp³-hybridized carbons (Fsp3) is 1.00. The standard InChI is InChI=1S/C9H18NO3.9C2H5.3Sn/c1-7(11)4-10(5-8(2)12)6-9(3)13;9*1-2;;;/h7-9H,4-6H2,1-3H3;9*1H2,2H3;;;/q-3;;;;;;;;;;3*+1. The zero-order valence-electron chi connectivity index (χ0n) is 25.4. The number of rotatable bonds is 21. The summed E-state index contributed by atoms with van der Waals surface area (Å²) in [5.41, 5.74) is 0. The van der Waals surface area contributed by atoms with Crippen LogP contribution in [0.2, 0.25) is 39.9 Å². The molecule has 34 heavy (non-hydrogen) atoms. The van der Waals surface area contributed by atoms with Gasteiger partial charge in [-0.15, -0.1) is 0 Å². The molecule has 0 N–H and O–H groups in total. The van der Waals surface area contributed by atoms with E-state index in [4.69, 9.17) is 9.22 Å². The van der Waals surface area contributed by atoms with Crippen molar-refractivity contribution in [1.82, 2.24) is 4.90 Å². The summed E-state index contributed by atoms with van der Waals surface area (Å²) >= 11 is -7.30. The van der Waals surface area contributed by atoms with Crippen LogP contribution in [-0.2, 0) is 9.22 Å². The van der Waals surface area contributed by atoms with Gasteiger partial charge in [0.1, 0.15) is 0 Å². The molecule has 0 rings (SSSR count). The molecule has 0 aromatic carbocycles. The first kappa shape index (κ1) is 36.2. The molecule has 0 aromatic heterocycles. The van der Waals surface area contributed by atoms with E-state index in [0.29, 0.717) is 18.3 Å².